The van der Waals surface area contributed by atoms with Crippen molar-refractivity contribution < 1.29 is 9.47 Å². The Morgan fingerprint density at radius 3 is 2.65 bits per heavy atom. The minimum atomic E-state index is -0.256. The Morgan fingerprint density at radius 2 is 2.00 bits per heavy atom. The summed E-state index contributed by atoms with van der Waals surface area (Å²) in [6.07, 6.45) is 0.916. The summed E-state index contributed by atoms with van der Waals surface area (Å²) >= 11 is 0. The summed E-state index contributed by atoms with van der Waals surface area (Å²) in [5, 5.41) is 6.62. The van der Waals surface area contributed by atoms with Crippen molar-refractivity contribution in [2.75, 3.05) is 33.4 Å². The molecule has 0 radical (unpaired) electrons. The topological polar surface area (TPSA) is 54.9 Å². The molecule has 2 N–H and O–H groups in total. The predicted octanol–water partition coefficient (Wildman–Crippen LogP) is 2.61. The van der Waals surface area contributed by atoms with Gasteiger partial charge in [-0.15, -0.1) is 0 Å². The highest BCUT2D eigenvalue weighted by molar-refractivity contribution is 5.79. The zero-order valence-corrected chi connectivity index (χ0v) is 15.1. The maximum absolute atomic E-state index is 5.53. The van der Waals surface area contributed by atoms with Gasteiger partial charge in [0.15, 0.2) is 5.96 Å². The van der Waals surface area contributed by atoms with Gasteiger partial charge in [-0.1, -0.05) is 12.1 Å². The predicted molar refractivity (Wildman–Crippen MR) is 96.4 cm³/mol. The number of methoxy groups -OCH3 is 1. The van der Waals surface area contributed by atoms with E-state index in [2.05, 4.69) is 34.7 Å². The van der Waals surface area contributed by atoms with E-state index in [4.69, 9.17) is 9.47 Å². The van der Waals surface area contributed by atoms with Crippen molar-refractivity contribution in [2.24, 2.45) is 4.99 Å². The fourth-order valence-corrected chi connectivity index (χ4v) is 1.96. The first-order valence-corrected chi connectivity index (χ1v) is 8.29. The molecular formula is C18H31N3O2. The largest absolute Gasteiger partial charge is 0.494 e. The van der Waals surface area contributed by atoms with Gasteiger partial charge in [0.1, 0.15) is 5.75 Å². The molecule has 0 bridgehead atoms. The normalized spacial score (nSPS) is 12.1. The third kappa shape index (κ3) is 7.88. The molecule has 1 aromatic carbocycles. The van der Waals surface area contributed by atoms with Crippen molar-refractivity contribution in [3.05, 3.63) is 29.8 Å². The molecule has 0 amide bonds. The molecule has 0 saturated heterocycles. The van der Waals surface area contributed by atoms with Crippen molar-refractivity contribution in [1.82, 2.24) is 10.6 Å². The smallest absolute Gasteiger partial charge is 0.191 e. The van der Waals surface area contributed by atoms with Crippen LogP contribution in [-0.4, -0.2) is 44.9 Å². The summed E-state index contributed by atoms with van der Waals surface area (Å²) in [5.74, 6) is 1.74. The Bertz CT molecular complexity index is 487. The Balaban J connectivity index is 2.52. The lowest BCUT2D eigenvalue weighted by Crippen LogP contribution is -2.40. The number of hydrogen-bond acceptors (Lipinski definition) is 3. The van der Waals surface area contributed by atoms with Crippen molar-refractivity contribution in [3.63, 3.8) is 0 Å². The van der Waals surface area contributed by atoms with Gasteiger partial charge in [-0.2, -0.15) is 0 Å². The van der Waals surface area contributed by atoms with Crippen LogP contribution in [0.2, 0.25) is 0 Å². The van der Waals surface area contributed by atoms with Gasteiger partial charge >= 0.3 is 0 Å². The summed E-state index contributed by atoms with van der Waals surface area (Å²) in [7, 11) is 1.71. The van der Waals surface area contributed by atoms with E-state index in [1.165, 1.54) is 5.56 Å². The Kier molecular flexibility index (Phi) is 8.48. The molecule has 5 nitrogen and oxygen atoms in total. The van der Waals surface area contributed by atoms with Gasteiger partial charge in [0.05, 0.1) is 18.8 Å². The first kappa shape index (κ1) is 19.3. The fourth-order valence-electron chi connectivity index (χ4n) is 1.96. The van der Waals surface area contributed by atoms with Crippen LogP contribution < -0.4 is 15.4 Å². The molecule has 130 valence electrons. The molecule has 1 rings (SSSR count). The number of aliphatic imine (C=N–C) groups is 1. The summed E-state index contributed by atoms with van der Waals surface area (Å²) in [6.45, 7) is 11.1. The number of hydrogen-bond donors (Lipinski definition) is 2. The minimum Gasteiger partial charge on any atom is -0.494 e. The number of nitrogens with zero attached hydrogens (tertiary/aromatic N) is 1. The van der Waals surface area contributed by atoms with Gasteiger partial charge in [-0.3, -0.25) is 4.99 Å². The Morgan fingerprint density at radius 1 is 1.22 bits per heavy atom. The molecular weight excluding hydrogens is 290 g/mol. The lowest BCUT2D eigenvalue weighted by Gasteiger charge is -2.21. The van der Waals surface area contributed by atoms with Gasteiger partial charge < -0.3 is 20.1 Å². The van der Waals surface area contributed by atoms with E-state index in [9.17, 15) is 0 Å². The van der Waals surface area contributed by atoms with Gasteiger partial charge in [-0.05, 0) is 51.8 Å². The molecule has 1 aromatic rings. The lowest BCUT2D eigenvalue weighted by atomic mass is 10.1. The average Bonchev–Trinajstić information content (AvgIpc) is 2.53. The highest BCUT2D eigenvalue weighted by Crippen LogP contribution is 2.13. The molecule has 0 aliphatic heterocycles. The zero-order valence-electron chi connectivity index (χ0n) is 15.1. The standard InChI is InChI=1S/C18H31N3O2/c1-6-19-17(21-14-18(3,4)22-5)20-12-11-15-9-8-10-16(13-15)23-7-2/h8-10,13H,6-7,11-12,14H2,1-5H3,(H2,19,20,21). The molecule has 23 heavy (non-hydrogen) atoms. The van der Waals surface area contributed by atoms with E-state index in [-0.39, 0.29) is 5.60 Å². The monoisotopic (exact) mass is 321 g/mol. The quantitative estimate of drug-likeness (QED) is 0.542. The van der Waals surface area contributed by atoms with Crippen LogP contribution in [0.3, 0.4) is 0 Å². The number of benzene rings is 1. The van der Waals surface area contributed by atoms with Crippen LogP contribution in [0.15, 0.2) is 29.3 Å². The Hall–Kier alpha value is -1.75. The second-order valence-electron chi connectivity index (χ2n) is 5.92. The van der Waals surface area contributed by atoms with Crippen LogP contribution in [0.1, 0.15) is 33.3 Å². The van der Waals surface area contributed by atoms with Crippen LogP contribution in [0, 0.1) is 0 Å². The minimum absolute atomic E-state index is 0.256. The highest BCUT2D eigenvalue weighted by Gasteiger charge is 2.15. The third-order valence-electron chi connectivity index (χ3n) is 3.43. The maximum Gasteiger partial charge on any atom is 0.191 e. The van der Waals surface area contributed by atoms with Crippen LogP contribution in [0.4, 0.5) is 0 Å². The van der Waals surface area contributed by atoms with Crippen LogP contribution in [0.25, 0.3) is 0 Å². The second-order valence-corrected chi connectivity index (χ2v) is 5.92. The zero-order chi connectivity index (χ0) is 17.1. The molecule has 0 aromatic heterocycles. The van der Waals surface area contributed by atoms with Gasteiger partial charge in [-0.25, -0.2) is 0 Å². The summed E-state index contributed by atoms with van der Waals surface area (Å²) in [5.41, 5.74) is 0.991. The van der Waals surface area contributed by atoms with E-state index in [1.807, 2.05) is 32.9 Å². The van der Waals surface area contributed by atoms with Gasteiger partial charge in [0.2, 0.25) is 0 Å². The highest BCUT2D eigenvalue weighted by atomic mass is 16.5. The molecule has 0 spiro atoms. The van der Waals surface area contributed by atoms with Crippen molar-refractivity contribution >= 4 is 5.96 Å². The van der Waals surface area contributed by atoms with Crippen LogP contribution >= 0.6 is 0 Å². The van der Waals surface area contributed by atoms with Crippen molar-refractivity contribution in [2.45, 2.75) is 39.7 Å². The lowest BCUT2D eigenvalue weighted by molar-refractivity contribution is 0.0310. The van der Waals surface area contributed by atoms with E-state index < -0.39 is 0 Å². The SMILES string of the molecule is CCNC(=NCC(C)(C)OC)NCCc1cccc(OCC)c1. The average molecular weight is 321 g/mol. The molecule has 0 fully saturated rings. The second kappa shape index (κ2) is 10.1. The molecule has 0 atom stereocenters. The van der Waals surface area contributed by atoms with E-state index in [0.717, 1.165) is 31.2 Å². The number of nitrogens with one attached hydrogen (secondary N) is 2. The van der Waals surface area contributed by atoms with E-state index >= 15 is 0 Å². The van der Waals surface area contributed by atoms with Crippen LogP contribution in [-0.2, 0) is 11.2 Å². The summed E-state index contributed by atoms with van der Waals surface area (Å²) < 4.78 is 10.9. The maximum atomic E-state index is 5.53. The van der Waals surface area contributed by atoms with Crippen LogP contribution in [0.5, 0.6) is 5.75 Å². The number of guanidine groups is 1. The van der Waals surface area contributed by atoms with E-state index in [0.29, 0.717) is 13.2 Å². The van der Waals surface area contributed by atoms with E-state index in [1.54, 1.807) is 7.11 Å². The number of ether oxygens (including phenoxy) is 2. The van der Waals surface area contributed by atoms with Crippen molar-refractivity contribution in [1.29, 1.82) is 0 Å². The molecule has 0 heterocycles. The molecule has 0 aliphatic carbocycles. The summed E-state index contributed by atoms with van der Waals surface area (Å²) in [4.78, 5) is 4.58. The molecule has 0 saturated carbocycles. The fraction of sp³-hybridized carbons (Fsp3) is 0.611. The molecule has 0 unspecified atom stereocenters. The molecule has 0 aliphatic rings. The van der Waals surface area contributed by atoms with Gasteiger partial charge in [0, 0.05) is 20.2 Å². The molecule has 5 heteroatoms. The first-order valence-electron chi connectivity index (χ1n) is 8.29. The van der Waals surface area contributed by atoms with Gasteiger partial charge in [0.25, 0.3) is 0 Å². The summed E-state index contributed by atoms with van der Waals surface area (Å²) in [6, 6.07) is 8.21. The first-order chi connectivity index (χ1) is 11.0. The Labute approximate surface area is 140 Å². The van der Waals surface area contributed by atoms with Crippen molar-refractivity contribution in [3.8, 4) is 5.75 Å². The third-order valence-corrected chi connectivity index (χ3v) is 3.43. The number of rotatable bonds is 9.